The SMILES string of the molecule is CON1C(C#N)=C(N2CCCN(CCO)CC2)N=CC1C#N. The van der Waals surface area contributed by atoms with Gasteiger partial charge in [0.1, 0.15) is 6.07 Å². The molecule has 0 amide bonds. The van der Waals surface area contributed by atoms with Crippen molar-refractivity contribution >= 4 is 6.21 Å². The Morgan fingerprint density at radius 2 is 2.18 bits per heavy atom. The molecule has 118 valence electrons. The molecule has 8 heteroatoms. The van der Waals surface area contributed by atoms with Crippen LogP contribution in [0.4, 0.5) is 0 Å². The van der Waals surface area contributed by atoms with Gasteiger partial charge in [-0.1, -0.05) is 0 Å². The lowest BCUT2D eigenvalue weighted by Gasteiger charge is -2.32. The standard InChI is InChI=1S/C14H20N6O2/c1-22-20-12(9-15)11-17-14(13(20)10-16)19-4-2-3-18(5-6-19)7-8-21/h11-12,21H,2-8H2,1H3. The first-order valence-electron chi connectivity index (χ1n) is 7.24. The Morgan fingerprint density at radius 3 is 2.82 bits per heavy atom. The van der Waals surface area contributed by atoms with Gasteiger partial charge in [0, 0.05) is 32.4 Å². The number of hydroxylamine groups is 2. The predicted octanol–water partition coefficient (Wildman–Crippen LogP) is -0.481. The van der Waals surface area contributed by atoms with Gasteiger partial charge < -0.3 is 10.0 Å². The first-order valence-corrected chi connectivity index (χ1v) is 7.24. The van der Waals surface area contributed by atoms with Gasteiger partial charge in [0.05, 0.1) is 19.8 Å². The number of rotatable bonds is 4. The summed E-state index contributed by atoms with van der Waals surface area (Å²) in [5.74, 6) is 0.543. The number of aliphatic imine (C=N–C) groups is 1. The number of hydrogen-bond acceptors (Lipinski definition) is 8. The highest BCUT2D eigenvalue weighted by Gasteiger charge is 2.30. The third-order valence-electron chi connectivity index (χ3n) is 3.76. The van der Waals surface area contributed by atoms with Gasteiger partial charge in [-0.05, 0) is 13.0 Å². The van der Waals surface area contributed by atoms with Crippen molar-refractivity contribution in [3.63, 3.8) is 0 Å². The van der Waals surface area contributed by atoms with E-state index in [4.69, 9.17) is 15.2 Å². The van der Waals surface area contributed by atoms with E-state index in [1.807, 2.05) is 11.0 Å². The smallest absolute Gasteiger partial charge is 0.185 e. The summed E-state index contributed by atoms with van der Waals surface area (Å²) in [5.41, 5.74) is 0.257. The molecule has 1 atom stereocenters. The topological polar surface area (TPSA) is 99.1 Å². The summed E-state index contributed by atoms with van der Waals surface area (Å²) in [6.45, 7) is 3.99. The van der Waals surface area contributed by atoms with E-state index >= 15 is 0 Å². The molecule has 0 spiro atoms. The highest BCUT2D eigenvalue weighted by atomic mass is 16.7. The van der Waals surface area contributed by atoms with Crippen LogP contribution in [0.2, 0.25) is 0 Å². The summed E-state index contributed by atoms with van der Waals surface area (Å²) in [5, 5.41) is 28.9. The molecule has 1 N–H and O–H groups in total. The third kappa shape index (κ3) is 3.37. The van der Waals surface area contributed by atoms with E-state index in [0.29, 0.717) is 18.9 Å². The van der Waals surface area contributed by atoms with Crippen LogP contribution in [-0.2, 0) is 4.84 Å². The minimum absolute atomic E-state index is 0.144. The minimum Gasteiger partial charge on any atom is -0.395 e. The van der Waals surface area contributed by atoms with Crippen molar-refractivity contribution < 1.29 is 9.94 Å². The molecule has 0 aliphatic carbocycles. The van der Waals surface area contributed by atoms with Crippen LogP contribution >= 0.6 is 0 Å². The number of nitrogens with zero attached hydrogens (tertiary/aromatic N) is 6. The zero-order valence-corrected chi connectivity index (χ0v) is 12.6. The predicted molar refractivity (Wildman–Crippen MR) is 79.1 cm³/mol. The van der Waals surface area contributed by atoms with Crippen LogP contribution in [-0.4, -0.2) is 78.7 Å². The Kier molecular flexibility index (Phi) is 5.73. The molecule has 2 heterocycles. The maximum absolute atomic E-state index is 9.43. The van der Waals surface area contributed by atoms with E-state index in [1.165, 1.54) is 18.4 Å². The number of allylic oxidation sites excluding steroid dienone is 1. The number of nitriles is 2. The number of β-amino-alcohol motifs (C(OH)–C–C–N with tert-alkyl or cyclic N) is 1. The largest absolute Gasteiger partial charge is 0.395 e. The van der Waals surface area contributed by atoms with Gasteiger partial charge in [0.2, 0.25) is 0 Å². The maximum atomic E-state index is 9.43. The van der Waals surface area contributed by atoms with E-state index in [-0.39, 0.29) is 12.3 Å². The van der Waals surface area contributed by atoms with Crippen molar-refractivity contribution in [3.8, 4) is 12.1 Å². The van der Waals surface area contributed by atoms with Crippen molar-refractivity contribution in [3.05, 3.63) is 11.5 Å². The molecule has 0 radical (unpaired) electrons. The lowest BCUT2D eigenvalue weighted by molar-refractivity contribution is -0.101. The molecule has 0 aromatic carbocycles. The Labute approximate surface area is 130 Å². The van der Waals surface area contributed by atoms with Gasteiger partial charge in [-0.3, -0.25) is 9.74 Å². The van der Waals surface area contributed by atoms with Crippen LogP contribution in [0.5, 0.6) is 0 Å². The maximum Gasteiger partial charge on any atom is 0.185 e. The summed E-state index contributed by atoms with van der Waals surface area (Å²) in [6.07, 6.45) is 2.42. The normalized spacial score (nSPS) is 23.2. The summed E-state index contributed by atoms with van der Waals surface area (Å²) >= 11 is 0. The van der Waals surface area contributed by atoms with Crippen LogP contribution in [0, 0.1) is 22.7 Å². The van der Waals surface area contributed by atoms with Gasteiger partial charge in [0.25, 0.3) is 0 Å². The lowest BCUT2D eigenvalue weighted by atomic mass is 10.2. The van der Waals surface area contributed by atoms with Crippen LogP contribution in [0.25, 0.3) is 0 Å². The van der Waals surface area contributed by atoms with E-state index in [9.17, 15) is 5.26 Å². The van der Waals surface area contributed by atoms with Crippen molar-refractivity contribution in [1.82, 2.24) is 14.9 Å². The van der Waals surface area contributed by atoms with Gasteiger partial charge in [0.15, 0.2) is 17.6 Å². The molecule has 0 aromatic rings. The average molecular weight is 304 g/mol. The zero-order valence-electron chi connectivity index (χ0n) is 12.6. The highest BCUT2D eigenvalue weighted by Crippen LogP contribution is 2.23. The van der Waals surface area contributed by atoms with E-state index < -0.39 is 6.04 Å². The average Bonchev–Trinajstić information content (AvgIpc) is 2.79. The van der Waals surface area contributed by atoms with Crippen molar-refractivity contribution in [2.75, 3.05) is 46.4 Å². The molecule has 0 bridgehead atoms. The molecule has 0 aromatic heterocycles. The van der Waals surface area contributed by atoms with E-state index in [0.717, 1.165) is 26.1 Å². The van der Waals surface area contributed by atoms with Gasteiger partial charge >= 0.3 is 0 Å². The molecule has 1 fully saturated rings. The van der Waals surface area contributed by atoms with Crippen LogP contribution < -0.4 is 0 Å². The van der Waals surface area contributed by atoms with Gasteiger partial charge in [-0.2, -0.15) is 10.5 Å². The molecule has 22 heavy (non-hydrogen) atoms. The first kappa shape index (κ1) is 16.2. The Morgan fingerprint density at radius 1 is 1.36 bits per heavy atom. The Balaban J connectivity index is 2.19. The van der Waals surface area contributed by atoms with Crippen molar-refractivity contribution in [2.24, 2.45) is 4.99 Å². The molecule has 2 aliphatic rings. The molecule has 1 saturated heterocycles. The quantitative estimate of drug-likeness (QED) is 0.748. The van der Waals surface area contributed by atoms with Crippen LogP contribution in [0.15, 0.2) is 16.5 Å². The summed E-state index contributed by atoms with van der Waals surface area (Å²) in [6, 6.07) is 3.44. The molecular formula is C14H20N6O2. The van der Waals surface area contributed by atoms with Crippen LogP contribution in [0.3, 0.4) is 0 Å². The molecule has 2 rings (SSSR count). The minimum atomic E-state index is -0.693. The first-order chi connectivity index (χ1) is 10.7. The monoisotopic (exact) mass is 304 g/mol. The Hall–Kier alpha value is -2.13. The fraction of sp³-hybridized carbons (Fsp3) is 0.643. The van der Waals surface area contributed by atoms with E-state index in [2.05, 4.69) is 16.0 Å². The summed E-state index contributed by atoms with van der Waals surface area (Å²) in [7, 11) is 1.43. The number of aliphatic hydroxyl groups excluding tert-OH is 1. The number of hydrogen-bond donors (Lipinski definition) is 1. The molecule has 8 nitrogen and oxygen atoms in total. The highest BCUT2D eigenvalue weighted by molar-refractivity contribution is 5.71. The molecule has 1 unspecified atom stereocenters. The third-order valence-corrected chi connectivity index (χ3v) is 3.76. The number of aliphatic hydroxyl groups is 1. The van der Waals surface area contributed by atoms with E-state index in [1.54, 1.807) is 0 Å². The lowest BCUT2D eigenvalue weighted by Crippen LogP contribution is -2.40. The zero-order chi connectivity index (χ0) is 15.9. The van der Waals surface area contributed by atoms with Gasteiger partial charge in [-0.15, -0.1) is 0 Å². The van der Waals surface area contributed by atoms with Crippen molar-refractivity contribution in [1.29, 1.82) is 10.5 Å². The fourth-order valence-electron chi connectivity index (χ4n) is 2.67. The second-order valence-electron chi connectivity index (χ2n) is 5.05. The fourth-order valence-corrected chi connectivity index (χ4v) is 2.67. The summed E-state index contributed by atoms with van der Waals surface area (Å²) in [4.78, 5) is 13.7. The second-order valence-corrected chi connectivity index (χ2v) is 5.05. The molecule has 2 aliphatic heterocycles. The van der Waals surface area contributed by atoms with Crippen LogP contribution in [0.1, 0.15) is 6.42 Å². The van der Waals surface area contributed by atoms with Gasteiger partial charge in [-0.25, -0.2) is 10.1 Å². The summed E-state index contributed by atoms with van der Waals surface area (Å²) < 4.78 is 0. The Bertz CT molecular complexity index is 532. The molecule has 0 saturated carbocycles. The molecular weight excluding hydrogens is 284 g/mol. The second kappa shape index (κ2) is 7.76. The van der Waals surface area contributed by atoms with Crippen molar-refractivity contribution in [2.45, 2.75) is 12.5 Å².